The van der Waals surface area contributed by atoms with Gasteiger partial charge in [0.15, 0.2) is 0 Å². The van der Waals surface area contributed by atoms with Crippen LogP contribution in [0.3, 0.4) is 0 Å². The molecule has 0 spiro atoms. The molecular weight excluding hydrogens is 230 g/mol. The van der Waals surface area contributed by atoms with Crippen LogP contribution in [-0.4, -0.2) is 23.0 Å². The lowest BCUT2D eigenvalue weighted by molar-refractivity contribution is 0.0946. The number of nitrogens with one attached hydrogen (secondary N) is 1. The average molecular weight is 243 g/mol. The Kier molecular flexibility index (Phi) is 3.86. The van der Waals surface area contributed by atoms with Crippen LogP contribution in [0.15, 0.2) is 42.7 Å². The van der Waals surface area contributed by atoms with Crippen LogP contribution in [0.2, 0.25) is 0 Å². The number of amides is 1. The molecule has 0 atom stereocenters. The zero-order valence-electron chi connectivity index (χ0n) is 9.96. The zero-order valence-corrected chi connectivity index (χ0v) is 9.96. The van der Waals surface area contributed by atoms with E-state index in [1.165, 1.54) is 7.11 Å². The van der Waals surface area contributed by atoms with Gasteiger partial charge in [-0.05, 0) is 24.3 Å². The van der Waals surface area contributed by atoms with Crippen LogP contribution in [0.25, 0.3) is 0 Å². The molecule has 0 radical (unpaired) electrons. The lowest BCUT2D eigenvalue weighted by Gasteiger charge is -2.07. The molecule has 0 unspecified atom stereocenters. The number of carbonyl (C=O) groups is 1. The van der Waals surface area contributed by atoms with Crippen molar-refractivity contribution in [2.45, 2.75) is 6.54 Å². The van der Waals surface area contributed by atoms with Gasteiger partial charge in [0.25, 0.3) is 5.91 Å². The van der Waals surface area contributed by atoms with Crippen molar-refractivity contribution in [1.29, 1.82) is 0 Å². The molecule has 92 valence electrons. The Bertz CT molecular complexity index is 529. The van der Waals surface area contributed by atoms with Crippen LogP contribution >= 0.6 is 0 Å². The van der Waals surface area contributed by atoms with E-state index in [0.29, 0.717) is 18.0 Å². The summed E-state index contributed by atoms with van der Waals surface area (Å²) in [4.78, 5) is 20.0. The molecule has 0 bridgehead atoms. The fourth-order valence-electron chi connectivity index (χ4n) is 1.50. The van der Waals surface area contributed by atoms with Crippen LogP contribution in [0.5, 0.6) is 5.88 Å². The van der Waals surface area contributed by atoms with Gasteiger partial charge in [0.05, 0.1) is 19.3 Å². The Balaban J connectivity index is 2.04. The van der Waals surface area contributed by atoms with Crippen molar-refractivity contribution in [3.63, 3.8) is 0 Å². The number of methoxy groups -OCH3 is 1. The standard InChI is InChI=1S/C13H13N3O2/c1-18-13-11(6-4-8-15-13)12(17)16-9-10-5-2-3-7-14-10/h2-8H,9H2,1H3,(H,16,17). The summed E-state index contributed by atoms with van der Waals surface area (Å²) in [5, 5.41) is 2.77. The second-order valence-corrected chi connectivity index (χ2v) is 3.56. The first-order valence-corrected chi connectivity index (χ1v) is 5.48. The molecule has 2 heterocycles. The molecule has 2 aromatic heterocycles. The molecule has 0 aliphatic carbocycles. The molecule has 2 aromatic rings. The summed E-state index contributed by atoms with van der Waals surface area (Å²) in [7, 11) is 1.48. The van der Waals surface area contributed by atoms with Crippen molar-refractivity contribution in [2.24, 2.45) is 0 Å². The summed E-state index contributed by atoms with van der Waals surface area (Å²) < 4.78 is 5.03. The van der Waals surface area contributed by atoms with Gasteiger partial charge >= 0.3 is 0 Å². The monoisotopic (exact) mass is 243 g/mol. The van der Waals surface area contributed by atoms with Gasteiger partial charge in [0.2, 0.25) is 5.88 Å². The van der Waals surface area contributed by atoms with Crippen LogP contribution in [0, 0.1) is 0 Å². The van der Waals surface area contributed by atoms with Crippen molar-refractivity contribution in [3.05, 3.63) is 54.0 Å². The number of hydrogen-bond donors (Lipinski definition) is 1. The Labute approximate surface area is 105 Å². The van der Waals surface area contributed by atoms with Crippen LogP contribution in [-0.2, 0) is 6.54 Å². The van der Waals surface area contributed by atoms with Crippen molar-refractivity contribution < 1.29 is 9.53 Å². The summed E-state index contributed by atoms with van der Waals surface area (Å²) in [6.45, 7) is 0.373. The summed E-state index contributed by atoms with van der Waals surface area (Å²) in [5.41, 5.74) is 1.21. The molecule has 0 aliphatic heterocycles. The molecule has 18 heavy (non-hydrogen) atoms. The number of pyridine rings is 2. The molecule has 0 saturated carbocycles. The number of hydrogen-bond acceptors (Lipinski definition) is 4. The van der Waals surface area contributed by atoms with E-state index in [0.717, 1.165) is 5.69 Å². The minimum absolute atomic E-state index is 0.231. The molecular formula is C13H13N3O2. The summed E-state index contributed by atoms with van der Waals surface area (Å²) in [6.07, 6.45) is 3.26. The molecule has 2 rings (SSSR count). The first-order chi connectivity index (χ1) is 8.81. The Morgan fingerprint density at radius 2 is 2.06 bits per heavy atom. The van der Waals surface area contributed by atoms with Crippen LogP contribution < -0.4 is 10.1 Å². The quantitative estimate of drug-likeness (QED) is 0.882. The van der Waals surface area contributed by atoms with E-state index in [1.54, 1.807) is 24.5 Å². The molecule has 5 nitrogen and oxygen atoms in total. The van der Waals surface area contributed by atoms with E-state index in [-0.39, 0.29) is 5.91 Å². The average Bonchev–Trinajstić information content (AvgIpc) is 2.45. The van der Waals surface area contributed by atoms with Gasteiger partial charge in [-0.2, -0.15) is 0 Å². The minimum Gasteiger partial charge on any atom is -0.480 e. The number of nitrogens with zero attached hydrogens (tertiary/aromatic N) is 2. The highest BCUT2D eigenvalue weighted by Crippen LogP contribution is 2.13. The first kappa shape index (κ1) is 12.0. The smallest absolute Gasteiger partial charge is 0.257 e. The maximum Gasteiger partial charge on any atom is 0.257 e. The molecule has 1 amide bonds. The Hall–Kier alpha value is -2.43. The zero-order chi connectivity index (χ0) is 12.8. The predicted molar refractivity (Wildman–Crippen MR) is 66.2 cm³/mol. The van der Waals surface area contributed by atoms with Gasteiger partial charge in [-0.25, -0.2) is 4.98 Å². The number of rotatable bonds is 4. The summed E-state index contributed by atoms with van der Waals surface area (Å²) >= 11 is 0. The summed E-state index contributed by atoms with van der Waals surface area (Å²) in [6, 6.07) is 8.91. The van der Waals surface area contributed by atoms with Gasteiger partial charge in [-0.1, -0.05) is 6.07 Å². The van der Waals surface area contributed by atoms with E-state index in [2.05, 4.69) is 15.3 Å². The lowest BCUT2D eigenvalue weighted by atomic mass is 10.2. The molecule has 0 saturated heterocycles. The molecule has 5 heteroatoms. The summed E-state index contributed by atoms with van der Waals surface area (Å²) in [5.74, 6) is 0.0848. The topological polar surface area (TPSA) is 64.1 Å². The van der Waals surface area contributed by atoms with E-state index >= 15 is 0 Å². The Morgan fingerprint density at radius 1 is 1.22 bits per heavy atom. The van der Waals surface area contributed by atoms with Crippen molar-refractivity contribution in [3.8, 4) is 5.88 Å². The fourth-order valence-corrected chi connectivity index (χ4v) is 1.50. The third-order valence-electron chi connectivity index (χ3n) is 2.37. The van der Waals surface area contributed by atoms with E-state index < -0.39 is 0 Å². The predicted octanol–water partition coefficient (Wildman–Crippen LogP) is 1.42. The second-order valence-electron chi connectivity index (χ2n) is 3.56. The number of carbonyl (C=O) groups excluding carboxylic acids is 1. The maximum atomic E-state index is 11.9. The lowest BCUT2D eigenvalue weighted by Crippen LogP contribution is -2.24. The van der Waals surface area contributed by atoms with Gasteiger partial charge in [0, 0.05) is 12.4 Å². The number of aromatic nitrogens is 2. The fraction of sp³-hybridized carbons (Fsp3) is 0.154. The normalized spacial score (nSPS) is 9.83. The highest BCUT2D eigenvalue weighted by molar-refractivity contribution is 5.96. The molecule has 0 fully saturated rings. The number of ether oxygens (including phenoxy) is 1. The van der Waals surface area contributed by atoms with Crippen molar-refractivity contribution in [1.82, 2.24) is 15.3 Å². The largest absolute Gasteiger partial charge is 0.480 e. The van der Waals surface area contributed by atoms with Gasteiger partial charge in [-0.15, -0.1) is 0 Å². The van der Waals surface area contributed by atoms with Gasteiger partial charge in [-0.3, -0.25) is 9.78 Å². The van der Waals surface area contributed by atoms with E-state index in [4.69, 9.17) is 4.74 Å². The molecule has 1 N–H and O–H groups in total. The third-order valence-corrected chi connectivity index (χ3v) is 2.37. The van der Waals surface area contributed by atoms with E-state index in [1.807, 2.05) is 18.2 Å². The Morgan fingerprint density at radius 3 is 2.78 bits per heavy atom. The first-order valence-electron chi connectivity index (χ1n) is 5.48. The van der Waals surface area contributed by atoms with Gasteiger partial charge < -0.3 is 10.1 Å². The minimum atomic E-state index is -0.231. The second kappa shape index (κ2) is 5.77. The van der Waals surface area contributed by atoms with Crippen molar-refractivity contribution in [2.75, 3.05) is 7.11 Å². The van der Waals surface area contributed by atoms with E-state index in [9.17, 15) is 4.79 Å². The molecule has 0 aromatic carbocycles. The van der Waals surface area contributed by atoms with Crippen LogP contribution in [0.1, 0.15) is 16.1 Å². The highest BCUT2D eigenvalue weighted by Gasteiger charge is 2.12. The van der Waals surface area contributed by atoms with Gasteiger partial charge in [0.1, 0.15) is 5.56 Å². The third kappa shape index (κ3) is 2.82. The highest BCUT2D eigenvalue weighted by atomic mass is 16.5. The maximum absolute atomic E-state index is 11.9. The van der Waals surface area contributed by atoms with Crippen LogP contribution in [0.4, 0.5) is 0 Å². The molecule has 0 aliphatic rings. The SMILES string of the molecule is COc1ncccc1C(=O)NCc1ccccn1. The van der Waals surface area contributed by atoms with Crippen molar-refractivity contribution >= 4 is 5.91 Å².